The zero-order valence-electron chi connectivity index (χ0n) is 21.4. The third-order valence-electron chi connectivity index (χ3n) is 5.72. The Bertz CT molecular complexity index is 1440. The molecule has 0 unspecified atom stereocenters. The second-order valence-corrected chi connectivity index (χ2v) is 13.9. The first-order chi connectivity index (χ1) is 17.7. The number of nitrogens with one attached hydrogen (secondary N) is 2. The van der Waals surface area contributed by atoms with Crippen LogP contribution in [-0.4, -0.2) is 60.1 Å². The molecule has 2 N–H and O–H groups in total. The Morgan fingerprint density at radius 3 is 2.47 bits per heavy atom. The summed E-state index contributed by atoms with van der Waals surface area (Å²) in [7, 11) is -6.62. The van der Waals surface area contributed by atoms with Crippen LogP contribution in [0.2, 0.25) is 0 Å². The molecule has 14 heteroatoms. The van der Waals surface area contributed by atoms with Gasteiger partial charge in [-0.15, -0.1) is 0 Å². The summed E-state index contributed by atoms with van der Waals surface area (Å²) in [5.41, 5.74) is -0.408. The second kappa shape index (κ2) is 10.2. The minimum atomic E-state index is -4.30. The van der Waals surface area contributed by atoms with Crippen LogP contribution in [-0.2, 0) is 24.8 Å². The molecule has 1 aliphatic carbocycles. The van der Waals surface area contributed by atoms with Crippen LogP contribution in [0.4, 0.5) is 20.6 Å². The van der Waals surface area contributed by atoms with Crippen molar-refractivity contribution in [1.29, 1.82) is 0 Å². The molecule has 1 saturated carbocycles. The maximum absolute atomic E-state index is 14.0. The van der Waals surface area contributed by atoms with E-state index >= 15 is 0 Å². The average Bonchev–Trinajstić information content (AvgIpc) is 3.67. The fourth-order valence-electron chi connectivity index (χ4n) is 3.78. The molecule has 208 valence electrons. The lowest BCUT2D eigenvalue weighted by atomic mass is 10.2. The number of carbonyl (C=O) groups excluding carboxylic acids is 1. The highest BCUT2D eigenvalue weighted by Gasteiger charge is 2.39. The highest BCUT2D eigenvalue weighted by atomic mass is 32.2. The second-order valence-electron chi connectivity index (χ2n) is 9.97. The molecule has 1 atom stereocenters. The number of ether oxygens (including phenoxy) is 3. The Labute approximate surface area is 221 Å². The van der Waals surface area contributed by atoms with Gasteiger partial charge in [0, 0.05) is 18.3 Å². The molecule has 0 radical (unpaired) electrons. The molecule has 0 spiro atoms. The minimum absolute atomic E-state index is 0.100. The largest absolute Gasteiger partial charge is 0.494 e. The standard InChI is InChI=1S/C24H30FN3O8S2/c1-24(2,3)36-23(29)27-15-5-10-21-20(11-15)28(14-16(35-21)13-26-37(30,31)17-6-7-17)38(32,33)18-8-9-19(25)22(12-18)34-4/h5,8-12,16-17,26H,6-7,13-14H2,1-4H3,(H,27,29)/t16-/m0/s1. The van der Waals surface area contributed by atoms with Crippen molar-refractivity contribution in [2.45, 2.75) is 55.5 Å². The summed E-state index contributed by atoms with van der Waals surface area (Å²) in [4.78, 5) is 12.0. The number of amides is 1. The van der Waals surface area contributed by atoms with Crippen molar-refractivity contribution in [1.82, 2.24) is 4.72 Å². The zero-order chi connectivity index (χ0) is 27.9. The Morgan fingerprint density at radius 2 is 1.84 bits per heavy atom. The Balaban J connectivity index is 1.68. The molecule has 11 nitrogen and oxygen atoms in total. The van der Waals surface area contributed by atoms with Crippen molar-refractivity contribution in [3.63, 3.8) is 0 Å². The van der Waals surface area contributed by atoms with E-state index in [-0.39, 0.29) is 40.9 Å². The number of hydrogen-bond acceptors (Lipinski definition) is 8. The van der Waals surface area contributed by atoms with Gasteiger partial charge < -0.3 is 14.2 Å². The van der Waals surface area contributed by atoms with Gasteiger partial charge in [0.15, 0.2) is 11.6 Å². The van der Waals surface area contributed by atoms with Crippen molar-refractivity contribution in [3.05, 3.63) is 42.2 Å². The highest BCUT2D eigenvalue weighted by Crippen LogP contribution is 2.39. The molecule has 1 heterocycles. The van der Waals surface area contributed by atoms with E-state index in [1.54, 1.807) is 20.8 Å². The number of sulfonamides is 2. The van der Waals surface area contributed by atoms with Gasteiger partial charge in [0.25, 0.3) is 10.0 Å². The summed E-state index contributed by atoms with van der Waals surface area (Å²) >= 11 is 0. The molecule has 38 heavy (non-hydrogen) atoms. The van der Waals surface area contributed by atoms with E-state index in [1.165, 1.54) is 25.3 Å². The van der Waals surface area contributed by atoms with Gasteiger partial charge in [-0.05, 0) is 63.9 Å². The molecule has 4 rings (SSSR count). The van der Waals surface area contributed by atoms with E-state index in [0.29, 0.717) is 12.8 Å². The normalized spacial score (nSPS) is 17.8. The third kappa shape index (κ3) is 6.30. The first-order valence-electron chi connectivity index (χ1n) is 11.8. The number of rotatable bonds is 8. The van der Waals surface area contributed by atoms with Gasteiger partial charge in [0.1, 0.15) is 17.5 Å². The van der Waals surface area contributed by atoms with Crippen molar-refractivity contribution < 1.29 is 40.2 Å². The number of hydrogen-bond donors (Lipinski definition) is 2. The van der Waals surface area contributed by atoms with E-state index in [2.05, 4.69) is 10.0 Å². The monoisotopic (exact) mass is 571 g/mol. The Kier molecular flexibility index (Phi) is 7.51. The number of benzene rings is 2. The molecular formula is C24H30FN3O8S2. The molecule has 0 saturated heterocycles. The summed E-state index contributed by atoms with van der Waals surface area (Å²) in [6.07, 6.45) is -0.453. The van der Waals surface area contributed by atoms with Crippen LogP contribution < -0.4 is 23.8 Å². The van der Waals surface area contributed by atoms with E-state index in [0.717, 1.165) is 22.5 Å². The Morgan fingerprint density at radius 1 is 1.13 bits per heavy atom. The first-order valence-corrected chi connectivity index (χ1v) is 14.8. The van der Waals surface area contributed by atoms with Crippen molar-refractivity contribution in [2.24, 2.45) is 0 Å². The summed E-state index contributed by atoms with van der Waals surface area (Å²) in [6, 6.07) is 7.53. The van der Waals surface area contributed by atoms with Crippen molar-refractivity contribution in [2.75, 3.05) is 29.8 Å². The van der Waals surface area contributed by atoms with Gasteiger partial charge in [-0.2, -0.15) is 0 Å². The number of fused-ring (bicyclic) bond motifs is 1. The van der Waals surface area contributed by atoms with Crippen LogP contribution in [0.5, 0.6) is 11.5 Å². The fraction of sp³-hybridized carbons (Fsp3) is 0.458. The van der Waals surface area contributed by atoms with Crippen molar-refractivity contribution in [3.8, 4) is 11.5 Å². The smallest absolute Gasteiger partial charge is 0.412 e. The lowest BCUT2D eigenvalue weighted by Gasteiger charge is -2.36. The molecular weight excluding hydrogens is 541 g/mol. The molecule has 2 aromatic rings. The van der Waals surface area contributed by atoms with Gasteiger partial charge >= 0.3 is 6.09 Å². The zero-order valence-corrected chi connectivity index (χ0v) is 23.0. The van der Waals surface area contributed by atoms with E-state index in [1.807, 2.05) is 0 Å². The molecule has 2 aliphatic rings. The average molecular weight is 572 g/mol. The van der Waals surface area contributed by atoms with Gasteiger partial charge in [0.05, 0.1) is 29.5 Å². The van der Waals surface area contributed by atoms with E-state index < -0.39 is 48.9 Å². The molecule has 2 aromatic carbocycles. The predicted molar refractivity (Wildman–Crippen MR) is 138 cm³/mol. The Hall–Kier alpha value is -3.10. The van der Waals surface area contributed by atoms with Crippen LogP contribution in [0.25, 0.3) is 0 Å². The van der Waals surface area contributed by atoms with Crippen LogP contribution in [0.3, 0.4) is 0 Å². The quantitative estimate of drug-likeness (QED) is 0.492. The number of nitrogens with zero attached hydrogens (tertiary/aromatic N) is 1. The molecule has 1 amide bonds. The topological polar surface area (TPSA) is 140 Å². The fourth-order valence-corrected chi connectivity index (χ4v) is 6.70. The number of halogens is 1. The van der Waals surface area contributed by atoms with Gasteiger partial charge in [-0.3, -0.25) is 9.62 Å². The molecule has 0 bridgehead atoms. The molecule has 1 aliphatic heterocycles. The predicted octanol–water partition coefficient (Wildman–Crippen LogP) is 3.22. The van der Waals surface area contributed by atoms with Crippen LogP contribution >= 0.6 is 0 Å². The third-order valence-corrected chi connectivity index (χ3v) is 9.42. The number of methoxy groups -OCH3 is 1. The summed E-state index contributed by atoms with van der Waals surface area (Å²) < 4.78 is 85.9. The SMILES string of the molecule is COc1cc(S(=O)(=O)N2C[C@H](CNS(=O)(=O)C3CC3)Oc3ccc(NC(=O)OC(C)(C)C)cc32)ccc1F. The molecule has 1 fully saturated rings. The maximum atomic E-state index is 14.0. The number of carbonyl (C=O) groups is 1. The maximum Gasteiger partial charge on any atom is 0.412 e. The first kappa shape index (κ1) is 27.9. The van der Waals surface area contributed by atoms with Crippen LogP contribution in [0.1, 0.15) is 33.6 Å². The van der Waals surface area contributed by atoms with Crippen LogP contribution in [0.15, 0.2) is 41.3 Å². The van der Waals surface area contributed by atoms with E-state index in [9.17, 15) is 26.0 Å². The summed E-state index contributed by atoms with van der Waals surface area (Å²) in [5, 5.41) is 2.11. The van der Waals surface area contributed by atoms with Gasteiger partial charge in [0.2, 0.25) is 10.0 Å². The lowest BCUT2D eigenvalue weighted by Crippen LogP contribution is -2.48. The van der Waals surface area contributed by atoms with E-state index in [4.69, 9.17) is 14.2 Å². The summed E-state index contributed by atoms with van der Waals surface area (Å²) in [6.45, 7) is 4.70. The van der Waals surface area contributed by atoms with Crippen LogP contribution in [0, 0.1) is 5.82 Å². The summed E-state index contributed by atoms with van der Waals surface area (Å²) in [5.74, 6) is -0.835. The highest BCUT2D eigenvalue weighted by molar-refractivity contribution is 7.92. The van der Waals surface area contributed by atoms with Gasteiger partial charge in [-0.1, -0.05) is 0 Å². The van der Waals surface area contributed by atoms with Gasteiger partial charge in [-0.25, -0.2) is 30.7 Å². The molecule has 0 aromatic heterocycles. The van der Waals surface area contributed by atoms with Crippen molar-refractivity contribution >= 4 is 37.5 Å². The number of anilines is 2. The minimum Gasteiger partial charge on any atom is -0.494 e. The lowest BCUT2D eigenvalue weighted by molar-refractivity contribution is 0.0636.